The Bertz CT molecular complexity index is 486. The molecule has 0 spiro atoms. The fourth-order valence-electron chi connectivity index (χ4n) is 2.86. The quantitative estimate of drug-likeness (QED) is 0.865. The summed E-state index contributed by atoms with van der Waals surface area (Å²) >= 11 is 6.20. The smallest absolute Gasteiger partial charge is 0.274 e. The van der Waals surface area contributed by atoms with Crippen LogP contribution in [0.5, 0.6) is 0 Å². The lowest BCUT2D eigenvalue weighted by Gasteiger charge is -2.27. The van der Waals surface area contributed by atoms with Crippen molar-refractivity contribution in [1.82, 2.24) is 9.88 Å². The van der Waals surface area contributed by atoms with Crippen LogP contribution in [0.4, 0.5) is 5.82 Å². The molecule has 4 nitrogen and oxygen atoms in total. The first-order chi connectivity index (χ1) is 10.2. The van der Waals surface area contributed by atoms with E-state index in [1.165, 1.54) is 12.8 Å². The van der Waals surface area contributed by atoms with Gasteiger partial charge in [0.15, 0.2) is 0 Å². The van der Waals surface area contributed by atoms with E-state index in [0.29, 0.717) is 29.1 Å². The maximum absolute atomic E-state index is 12.8. The van der Waals surface area contributed by atoms with Gasteiger partial charge in [0.25, 0.3) is 5.91 Å². The van der Waals surface area contributed by atoms with Gasteiger partial charge < -0.3 is 10.2 Å². The molecule has 0 saturated heterocycles. The summed E-state index contributed by atoms with van der Waals surface area (Å²) in [5.74, 6) is 0.668. The summed E-state index contributed by atoms with van der Waals surface area (Å²) in [6, 6.07) is 3.91. The molecule has 1 saturated carbocycles. The highest BCUT2D eigenvalue weighted by molar-refractivity contribution is 6.33. The maximum atomic E-state index is 12.8. The lowest BCUT2D eigenvalue weighted by Crippen LogP contribution is -2.39. The standard InChI is InChI=1S/C16H24ClN3O/c1-3-11-18-14-10-9-13(17)15(19-14)16(21)20(4-2)12-7-5-6-8-12/h9-10,12H,3-8,11H2,1-2H3,(H,18,19). The molecule has 1 fully saturated rings. The first kappa shape index (κ1) is 16.1. The summed E-state index contributed by atoms with van der Waals surface area (Å²) in [7, 11) is 0. The van der Waals surface area contributed by atoms with E-state index in [2.05, 4.69) is 17.2 Å². The summed E-state index contributed by atoms with van der Waals surface area (Å²) in [5, 5.41) is 3.63. The van der Waals surface area contributed by atoms with Gasteiger partial charge in [-0.05, 0) is 38.3 Å². The average molecular weight is 310 g/mol. The third kappa shape index (κ3) is 3.88. The molecule has 1 heterocycles. The molecular weight excluding hydrogens is 286 g/mol. The Morgan fingerprint density at radius 2 is 2.10 bits per heavy atom. The number of anilines is 1. The fraction of sp³-hybridized carbons (Fsp3) is 0.625. The van der Waals surface area contributed by atoms with Crippen LogP contribution in [0, 0.1) is 0 Å². The summed E-state index contributed by atoms with van der Waals surface area (Å²) < 4.78 is 0. The van der Waals surface area contributed by atoms with Gasteiger partial charge in [-0.3, -0.25) is 4.79 Å². The van der Waals surface area contributed by atoms with Gasteiger partial charge in [-0.25, -0.2) is 4.98 Å². The number of nitrogens with zero attached hydrogens (tertiary/aromatic N) is 2. The molecule has 0 atom stereocenters. The maximum Gasteiger partial charge on any atom is 0.274 e. The number of carbonyl (C=O) groups is 1. The normalized spacial score (nSPS) is 15.2. The Morgan fingerprint density at radius 3 is 2.71 bits per heavy atom. The van der Waals surface area contributed by atoms with E-state index >= 15 is 0 Å². The molecule has 116 valence electrons. The molecule has 1 aliphatic rings. The second-order valence-corrected chi connectivity index (χ2v) is 5.89. The van der Waals surface area contributed by atoms with Crippen molar-refractivity contribution in [2.45, 2.75) is 52.0 Å². The zero-order chi connectivity index (χ0) is 15.2. The van der Waals surface area contributed by atoms with E-state index in [1.54, 1.807) is 6.07 Å². The SMILES string of the molecule is CCCNc1ccc(Cl)c(C(=O)N(CC)C2CCCC2)n1. The molecule has 1 aromatic rings. The summed E-state index contributed by atoms with van der Waals surface area (Å²) in [6.45, 7) is 5.65. The average Bonchev–Trinajstić information content (AvgIpc) is 3.01. The van der Waals surface area contributed by atoms with Gasteiger partial charge in [-0.15, -0.1) is 0 Å². The Labute approximate surface area is 131 Å². The van der Waals surface area contributed by atoms with Crippen LogP contribution in [0.25, 0.3) is 0 Å². The summed E-state index contributed by atoms with van der Waals surface area (Å²) in [6.07, 6.45) is 5.59. The van der Waals surface area contributed by atoms with Crippen LogP contribution in [0.3, 0.4) is 0 Å². The minimum Gasteiger partial charge on any atom is -0.370 e. The minimum absolute atomic E-state index is 0.0467. The predicted octanol–water partition coefficient (Wildman–Crippen LogP) is 3.96. The summed E-state index contributed by atoms with van der Waals surface area (Å²) in [4.78, 5) is 19.1. The number of halogens is 1. The highest BCUT2D eigenvalue weighted by atomic mass is 35.5. The van der Waals surface area contributed by atoms with Gasteiger partial charge in [0.05, 0.1) is 5.02 Å². The highest BCUT2D eigenvalue weighted by Gasteiger charge is 2.28. The van der Waals surface area contributed by atoms with Gasteiger partial charge in [-0.1, -0.05) is 31.4 Å². The van der Waals surface area contributed by atoms with Crippen LogP contribution in [-0.2, 0) is 0 Å². The zero-order valence-corrected chi connectivity index (χ0v) is 13.6. The lowest BCUT2D eigenvalue weighted by atomic mass is 10.2. The number of nitrogens with one attached hydrogen (secondary N) is 1. The first-order valence-electron chi connectivity index (χ1n) is 7.88. The monoisotopic (exact) mass is 309 g/mol. The Balaban J connectivity index is 2.19. The van der Waals surface area contributed by atoms with Gasteiger partial charge in [0.2, 0.25) is 0 Å². The number of hydrogen-bond acceptors (Lipinski definition) is 3. The van der Waals surface area contributed by atoms with E-state index in [1.807, 2.05) is 17.9 Å². The molecule has 5 heteroatoms. The van der Waals surface area contributed by atoms with Gasteiger partial charge in [-0.2, -0.15) is 0 Å². The van der Waals surface area contributed by atoms with Crippen LogP contribution in [0.2, 0.25) is 5.02 Å². The topological polar surface area (TPSA) is 45.2 Å². The van der Waals surface area contributed by atoms with E-state index < -0.39 is 0 Å². The van der Waals surface area contributed by atoms with Crippen LogP contribution >= 0.6 is 11.6 Å². The van der Waals surface area contributed by atoms with Gasteiger partial charge in [0, 0.05) is 19.1 Å². The van der Waals surface area contributed by atoms with Crippen LogP contribution in [0.1, 0.15) is 56.4 Å². The fourth-order valence-corrected chi connectivity index (χ4v) is 3.05. The van der Waals surface area contributed by atoms with Crippen molar-refractivity contribution in [3.8, 4) is 0 Å². The van der Waals surface area contributed by atoms with E-state index in [9.17, 15) is 4.79 Å². The van der Waals surface area contributed by atoms with Crippen LogP contribution < -0.4 is 5.32 Å². The van der Waals surface area contributed by atoms with Crippen molar-refractivity contribution in [3.63, 3.8) is 0 Å². The zero-order valence-electron chi connectivity index (χ0n) is 12.9. The molecule has 21 heavy (non-hydrogen) atoms. The number of hydrogen-bond donors (Lipinski definition) is 1. The molecule has 0 aromatic carbocycles. The second-order valence-electron chi connectivity index (χ2n) is 5.48. The molecule has 0 unspecified atom stereocenters. The van der Waals surface area contributed by atoms with Crippen molar-refractivity contribution in [3.05, 3.63) is 22.8 Å². The van der Waals surface area contributed by atoms with Gasteiger partial charge in [0.1, 0.15) is 11.5 Å². The Hall–Kier alpha value is -1.29. The molecule has 2 rings (SSSR count). The van der Waals surface area contributed by atoms with Crippen molar-refractivity contribution >= 4 is 23.3 Å². The largest absolute Gasteiger partial charge is 0.370 e. The van der Waals surface area contributed by atoms with Crippen LogP contribution in [-0.4, -0.2) is 34.9 Å². The van der Waals surface area contributed by atoms with Crippen molar-refractivity contribution in [2.75, 3.05) is 18.4 Å². The minimum atomic E-state index is -0.0467. The van der Waals surface area contributed by atoms with E-state index in [-0.39, 0.29) is 5.91 Å². The first-order valence-corrected chi connectivity index (χ1v) is 8.26. The number of carbonyl (C=O) groups excluding carboxylic acids is 1. The van der Waals surface area contributed by atoms with Crippen molar-refractivity contribution < 1.29 is 4.79 Å². The Kier molecular flexibility index (Phi) is 5.85. The van der Waals surface area contributed by atoms with E-state index in [4.69, 9.17) is 11.6 Å². The second kappa shape index (κ2) is 7.64. The molecular formula is C16H24ClN3O. The molecule has 1 amide bonds. The third-order valence-electron chi connectivity index (χ3n) is 3.97. The predicted molar refractivity (Wildman–Crippen MR) is 87.0 cm³/mol. The number of pyridine rings is 1. The van der Waals surface area contributed by atoms with E-state index in [0.717, 1.165) is 25.8 Å². The molecule has 0 bridgehead atoms. The highest BCUT2D eigenvalue weighted by Crippen LogP contribution is 2.26. The number of amides is 1. The molecule has 0 aliphatic heterocycles. The third-order valence-corrected chi connectivity index (χ3v) is 4.28. The lowest BCUT2D eigenvalue weighted by molar-refractivity contribution is 0.0688. The van der Waals surface area contributed by atoms with Crippen molar-refractivity contribution in [1.29, 1.82) is 0 Å². The molecule has 1 aliphatic carbocycles. The molecule has 1 N–H and O–H groups in total. The van der Waals surface area contributed by atoms with Gasteiger partial charge >= 0.3 is 0 Å². The van der Waals surface area contributed by atoms with Crippen LogP contribution in [0.15, 0.2) is 12.1 Å². The van der Waals surface area contributed by atoms with Crippen molar-refractivity contribution in [2.24, 2.45) is 0 Å². The number of rotatable bonds is 6. The number of aromatic nitrogens is 1. The Morgan fingerprint density at radius 1 is 1.38 bits per heavy atom. The molecule has 0 radical (unpaired) electrons. The molecule has 1 aromatic heterocycles. The summed E-state index contributed by atoms with van der Waals surface area (Å²) in [5.41, 5.74) is 0.367.